The van der Waals surface area contributed by atoms with Crippen molar-refractivity contribution in [1.82, 2.24) is 19.2 Å². The van der Waals surface area contributed by atoms with E-state index < -0.39 is 17.5 Å². The fourth-order valence-corrected chi connectivity index (χ4v) is 3.96. The van der Waals surface area contributed by atoms with Crippen molar-refractivity contribution in [1.29, 1.82) is 0 Å². The van der Waals surface area contributed by atoms with Crippen LogP contribution in [0.4, 0.5) is 14.5 Å². The van der Waals surface area contributed by atoms with Crippen LogP contribution in [0.2, 0.25) is 5.02 Å². The van der Waals surface area contributed by atoms with Crippen LogP contribution in [0, 0.1) is 32.4 Å². The number of ether oxygens (including phenoxy) is 1. The van der Waals surface area contributed by atoms with E-state index in [1.54, 1.807) is 25.5 Å². The summed E-state index contributed by atoms with van der Waals surface area (Å²) >= 11 is 6.26. The molecule has 1 amide bonds. The van der Waals surface area contributed by atoms with Crippen molar-refractivity contribution >= 4 is 28.8 Å². The van der Waals surface area contributed by atoms with Gasteiger partial charge in [0.05, 0.1) is 46.5 Å². The van der Waals surface area contributed by atoms with Crippen LogP contribution in [0.5, 0.6) is 5.75 Å². The zero-order valence-electron chi connectivity index (χ0n) is 18.7. The molecular weight excluding hydrogens is 468 g/mol. The molecule has 8 nitrogen and oxygen atoms in total. The fourth-order valence-electron chi connectivity index (χ4n) is 3.76. The molecule has 0 aliphatic heterocycles. The monoisotopic (exact) mass is 489 g/mol. The molecule has 0 atom stereocenters. The molecule has 0 aliphatic rings. The molecule has 0 unspecified atom stereocenters. The van der Waals surface area contributed by atoms with Gasteiger partial charge in [0.2, 0.25) is 0 Å². The van der Waals surface area contributed by atoms with Crippen molar-refractivity contribution in [2.75, 3.05) is 11.9 Å². The Morgan fingerprint density at radius 3 is 2.59 bits per heavy atom. The minimum atomic E-state index is -0.731. The molecule has 178 valence electrons. The van der Waals surface area contributed by atoms with Gasteiger partial charge in [0.1, 0.15) is 23.9 Å². The number of benzene rings is 1. The van der Waals surface area contributed by atoms with Crippen LogP contribution in [0.15, 0.2) is 30.5 Å². The van der Waals surface area contributed by atoms with Gasteiger partial charge in [-0.3, -0.25) is 13.9 Å². The van der Waals surface area contributed by atoms with Crippen LogP contribution in [0.3, 0.4) is 0 Å². The second kappa shape index (κ2) is 9.40. The Morgan fingerprint density at radius 2 is 1.91 bits per heavy atom. The molecule has 34 heavy (non-hydrogen) atoms. The summed E-state index contributed by atoms with van der Waals surface area (Å²) in [4.78, 5) is 17.7. The number of carbonyl (C=O) groups is 1. The maximum Gasteiger partial charge on any atom is 0.274 e. The van der Waals surface area contributed by atoms with Crippen LogP contribution in [-0.2, 0) is 13.2 Å². The van der Waals surface area contributed by atoms with Gasteiger partial charge in [0, 0.05) is 12.3 Å². The average Bonchev–Trinajstić information content (AvgIpc) is 3.24. The number of halogens is 3. The number of hydrogen-bond acceptors (Lipinski definition) is 5. The van der Waals surface area contributed by atoms with E-state index in [0.717, 1.165) is 12.1 Å². The molecule has 0 saturated heterocycles. The molecule has 0 bridgehead atoms. The lowest BCUT2D eigenvalue weighted by atomic mass is 10.2. The van der Waals surface area contributed by atoms with Gasteiger partial charge in [-0.15, -0.1) is 0 Å². The third-order valence-electron chi connectivity index (χ3n) is 5.41. The van der Waals surface area contributed by atoms with Gasteiger partial charge in [-0.2, -0.15) is 5.10 Å². The molecular formula is C23H22ClF2N5O3. The van der Waals surface area contributed by atoms with E-state index in [9.17, 15) is 18.7 Å². The van der Waals surface area contributed by atoms with Crippen molar-refractivity contribution in [3.05, 3.63) is 75.5 Å². The van der Waals surface area contributed by atoms with Crippen LogP contribution >= 0.6 is 11.6 Å². The number of aromatic nitrogens is 4. The van der Waals surface area contributed by atoms with Crippen molar-refractivity contribution < 1.29 is 23.4 Å². The van der Waals surface area contributed by atoms with Crippen molar-refractivity contribution in [3.8, 4) is 5.75 Å². The standard InChI is InChI=1S/C23H22ClF2N5O3/c1-12-20(14(3)31(29-12)7-8-32)28-23(33)21-13(2)27-22-19(9-15(24)10-30(21)22)34-11-16-17(25)5-4-6-18(16)26/h4-6,9-10,32H,7-8,11H2,1-3H3,(H,28,33). The van der Waals surface area contributed by atoms with Crippen LogP contribution < -0.4 is 10.1 Å². The molecule has 4 aromatic rings. The Balaban J connectivity index is 1.68. The zero-order chi connectivity index (χ0) is 24.6. The number of amides is 1. The molecule has 0 radical (unpaired) electrons. The lowest BCUT2D eigenvalue weighted by Crippen LogP contribution is -2.17. The largest absolute Gasteiger partial charge is 0.485 e. The van der Waals surface area contributed by atoms with Gasteiger partial charge in [-0.1, -0.05) is 17.7 Å². The molecule has 0 saturated carbocycles. The number of aliphatic hydroxyl groups is 1. The number of imidazole rings is 1. The summed E-state index contributed by atoms with van der Waals surface area (Å²) < 4.78 is 36.8. The molecule has 4 rings (SSSR count). The van der Waals surface area contributed by atoms with Crippen molar-refractivity contribution in [2.24, 2.45) is 0 Å². The summed E-state index contributed by atoms with van der Waals surface area (Å²) in [5.41, 5.74) is 2.48. The smallest absolute Gasteiger partial charge is 0.274 e. The van der Waals surface area contributed by atoms with Crippen LogP contribution in [0.25, 0.3) is 5.65 Å². The lowest BCUT2D eigenvalue weighted by molar-refractivity contribution is 0.102. The molecule has 11 heteroatoms. The Morgan fingerprint density at radius 1 is 1.21 bits per heavy atom. The second-order valence-corrected chi connectivity index (χ2v) is 8.13. The number of aliphatic hydroxyl groups excluding tert-OH is 1. The minimum absolute atomic E-state index is 0.0836. The first kappa shape index (κ1) is 23.7. The normalized spacial score (nSPS) is 11.3. The van der Waals surface area contributed by atoms with E-state index >= 15 is 0 Å². The minimum Gasteiger partial charge on any atom is -0.485 e. The van der Waals surface area contributed by atoms with Gasteiger partial charge in [0.15, 0.2) is 11.4 Å². The first-order chi connectivity index (χ1) is 16.2. The maximum atomic E-state index is 14.0. The number of rotatable bonds is 7. The summed E-state index contributed by atoms with van der Waals surface area (Å²) in [7, 11) is 0. The van der Waals surface area contributed by atoms with E-state index in [0.29, 0.717) is 29.3 Å². The number of fused-ring (bicyclic) bond motifs is 1. The first-order valence-corrected chi connectivity index (χ1v) is 10.8. The maximum absolute atomic E-state index is 14.0. The third kappa shape index (κ3) is 4.34. The average molecular weight is 490 g/mol. The summed E-state index contributed by atoms with van der Waals surface area (Å²) in [5, 5.41) is 16.6. The molecule has 0 spiro atoms. The lowest BCUT2D eigenvalue weighted by Gasteiger charge is -2.11. The van der Waals surface area contributed by atoms with Gasteiger partial charge >= 0.3 is 0 Å². The molecule has 0 fully saturated rings. The SMILES string of the molecule is Cc1nn(CCO)c(C)c1NC(=O)c1c(C)nc2c(OCc3c(F)cccc3F)cc(Cl)cn12. The van der Waals surface area contributed by atoms with Crippen molar-refractivity contribution in [3.63, 3.8) is 0 Å². The van der Waals surface area contributed by atoms with E-state index in [1.165, 1.54) is 22.7 Å². The molecule has 3 heterocycles. The third-order valence-corrected chi connectivity index (χ3v) is 5.61. The highest BCUT2D eigenvalue weighted by Crippen LogP contribution is 2.29. The number of pyridine rings is 1. The van der Waals surface area contributed by atoms with E-state index in [2.05, 4.69) is 15.4 Å². The number of nitrogens with zero attached hydrogens (tertiary/aromatic N) is 4. The number of anilines is 1. The highest BCUT2D eigenvalue weighted by molar-refractivity contribution is 6.30. The Labute approximate surface area is 198 Å². The van der Waals surface area contributed by atoms with E-state index in [-0.39, 0.29) is 40.9 Å². The van der Waals surface area contributed by atoms with Crippen LogP contribution in [-0.4, -0.2) is 36.8 Å². The zero-order valence-corrected chi connectivity index (χ0v) is 19.5. The van der Waals surface area contributed by atoms with E-state index in [4.69, 9.17) is 16.3 Å². The summed E-state index contributed by atoms with van der Waals surface area (Å²) in [6, 6.07) is 5.02. The highest BCUT2D eigenvalue weighted by atomic mass is 35.5. The Bertz CT molecular complexity index is 1380. The van der Waals surface area contributed by atoms with Crippen molar-refractivity contribution in [2.45, 2.75) is 33.9 Å². The number of carbonyl (C=O) groups excluding carboxylic acids is 1. The first-order valence-electron chi connectivity index (χ1n) is 10.4. The Kier molecular flexibility index (Phi) is 6.54. The highest BCUT2D eigenvalue weighted by Gasteiger charge is 2.23. The van der Waals surface area contributed by atoms with Crippen LogP contribution in [0.1, 0.15) is 33.1 Å². The Hall–Kier alpha value is -3.50. The second-order valence-electron chi connectivity index (χ2n) is 7.70. The molecule has 0 aliphatic carbocycles. The van der Waals surface area contributed by atoms with Gasteiger partial charge in [0.25, 0.3) is 5.91 Å². The van der Waals surface area contributed by atoms with Gasteiger partial charge in [-0.05, 0) is 32.9 Å². The number of nitrogens with one attached hydrogen (secondary N) is 1. The molecule has 1 aromatic carbocycles. The summed E-state index contributed by atoms with van der Waals surface area (Å²) in [5.74, 6) is -1.75. The topological polar surface area (TPSA) is 93.7 Å². The quantitative estimate of drug-likeness (QED) is 0.405. The number of aryl methyl sites for hydroxylation is 2. The van der Waals surface area contributed by atoms with E-state index in [1.807, 2.05) is 0 Å². The molecule has 2 N–H and O–H groups in total. The summed E-state index contributed by atoms with van der Waals surface area (Å²) in [6.45, 7) is 5.03. The predicted octanol–water partition coefficient (Wildman–Crippen LogP) is 4.21. The predicted molar refractivity (Wildman–Crippen MR) is 122 cm³/mol. The van der Waals surface area contributed by atoms with Gasteiger partial charge < -0.3 is 15.2 Å². The molecule has 3 aromatic heterocycles. The fraction of sp³-hybridized carbons (Fsp3) is 0.261. The summed E-state index contributed by atoms with van der Waals surface area (Å²) in [6.07, 6.45) is 1.51. The number of hydrogen-bond donors (Lipinski definition) is 2. The van der Waals surface area contributed by atoms with Gasteiger partial charge in [-0.25, -0.2) is 13.8 Å².